The first-order chi connectivity index (χ1) is 37.6. The van der Waals surface area contributed by atoms with Gasteiger partial charge in [0.1, 0.15) is 17.9 Å². The van der Waals surface area contributed by atoms with E-state index < -0.39 is 24.0 Å². The zero-order valence-corrected chi connectivity index (χ0v) is 46.5. The molecule has 77 heavy (non-hydrogen) atoms. The maximum atomic E-state index is 14.6. The Morgan fingerprint density at radius 3 is 2.12 bits per heavy atom. The van der Waals surface area contributed by atoms with Crippen LogP contribution >= 0.6 is 0 Å². The van der Waals surface area contributed by atoms with Crippen LogP contribution in [0.1, 0.15) is 143 Å². The zero-order valence-electron chi connectivity index (χ0n) is 46.5. The summed E-state index contributed by atoms with van der Waals surface area (Å²) in [5.74, 6) is 1.65. The summed E-state index contributed by atoms with van der Waals surface area (Å²) < 4.78 is 40.4. The number of amides is 2. The first kappa shape index (κ1) is 57.6. The third-order valence-electron chi connectivity index (χ3n) is 15.0. The number of hydrogen-bond acceptors (Lipinski definition) is 11. The monoisotopic (exact) mass is 1050 g/mol. The van der Waals surface area contributed by atoms with Gasteiger partial charge in [0.15, 0.2) is 29.6 Å². The number of ether oxygens (including phenoxy) is 7. The SMILES string of the molecule is CC[C@H](C(=O)N1CCCC[C@H]1C(=O)O[C@H](CCc1ccc(OC)c(OC)c1)c1cccc(OCC(=O)NCCCCCCCCCCN2Cc3ccccc3/C(C)=C\c3ccccc32)c1)c1cc(OC)c(OC)c(OC)c1. The molecule has 2 aliphatic rings. The number of carbonyl (C=O) groups is 3. The van der Waals surface area contributed by atoms with Crippen LogP contribution in [0, 0.1) is 0 Å². The van der Waals surface area contributed by atoms with Crippen LogP contribution in [0.15, 0.2) is 103 Å². The van der Waals surface area contributed by atoms with Crippen molar-refractivity contribution in [3.05, 3.63) is 137 Å². The fourth-order valence-electron chi connectivity index (χ4n) is 10.8. The van der Waals surface area contributed by atoms with Crippen LogP contribution in [0.4, 0.5) is 5.69 Å². The van der Waals surface area contributed by atoms with Crippen LogP contribution < -0.4 is 38.6 Å². The summed E-state index contributed by atoms with van der Waals surface area (Å²) in [5, 5.41) is 3.02. The lowest BCUT2D eigenvalue weighted by Crippen LogP contribution is -2.50. The molecule has 5 aromatic carbocycles. The number of nitrogens with zero attached hydrogens (tertiary/aromatic N) is 2. The molecule has 1 fully saturated rings. The van der Waals surface area contributed by atoms with Crippen LogP contribution in [-0.2, 0) is 32.1 Å². The lowest BCUT2D eigenvalue weighted by Gasteiger charge is -2.37. The van der Waals surface area contributed by atoms with Gasteiger partial charge in [-0.15, -0.1) is 0 Å². The summed E-state index contributed by atoms with van der Waals surface area (Å²) in [7, 11) is 7.82. The number of likely N-dealkylation sites (tertiary alicyclic amines) is 1. The molecule has 0 unspecified atom stereocenters. The van der Waals surface area contributed by atoms with Gasteiger partial charge in [-0.25, -0.2) is 4.79 Å². The van der Waals surface area contributed by atoms with Gasteiger partial charge in [0, 0.05) is 31.9 Å². The first-order valence-electron chi connectivity index (χ1n) is 27.7. The number of unbranched alkanes of at least 4 members (excludes halogenated alkanes) is 7. The van der Waals surface area contributed by atoms with Crippen LogP contribution in [0.5, 0.6) is 34.5 Å². The highest BCUT2D eigenvalue weighted by Crippen LogP contribution is 2.42. The Morgan fingerprint density at radius 1 is 0.688 bits per heavy atom. The molecule has 0 spiro atoms. The molecule has 3 atom stereocenters. The Labute approximate surface area is 457 Å². The molecule has 0 aliphatic carbocycles. The molecular weight excluding hydrogens is 971 g/mol. The van der Waals surface area contributed by atoms with E-state index in [0.29, 0.717) is 84.4 Å². The van der Waals surface area contributed by atoms with Crippen molar-refractivity contribution in [1.82, 2.24) is 10.2 Å². The number of esters is 1. The molecule has 7 rings (SSSR count). The quantitative estimate of drug-likeness (QED) is 0.0379. The number of nitrogens with one attached hydrogen (secondary N) is 1. The minimum Gasteiger partial charge on any atom is -0.493 e. The van der Waals surface area contributed by atoms with E-state index in [2.05, 4.69) is 71.7 Å². The maximum absolute atomic E-state index is 14.6. The molecule has 2 amide bonds. The highest BCUT2D eigenvalue weighted by atomic mass is 16.5. The molecule has 412 valence electrons. The second-order valence-electron chi connectivity index (χ2n) is 20.1. The van der Waals surface area contributed by atoms with Gasteiger partial charge >= 0.3 is 5.97 Å². The number of rotatable bonds is 28. The van der Waals surface area contributed by atoms with E-state index >= 15 is 0 Å². The Balaban J connectivity index is 0.891. The van der Waals surface area contributed by atoms with Crippen LogP contribution in [0.3, 0.4) is 0 Å². The second kappa shape index (κ2) is 29.4. The van der Waals surface area contributed by atoms with Gasteiger partial charge in [-0.1, -0.05) is 106 Å². The molecule has 0 bridgehead atoms. The van der Waals surface area contributed by atoms with Crippen LogP contribution in [0.2, 0.25) is 0 Å². The predicted octanol–water partition coefficient (Wildman–Crippen LogP) is 12.7. The summed E-state index contributed by atoms with van der Waals surface area (Å²) in [6, 6.07) is 33.5. The van der Waals surface area contributed by atoms with E-state index in [1.165, 1.54) is 60.7 Å². The number of para-hydroxylation sites is 1. The van der Waals surface area contributed by atoms with Gasteiger partial charge < -0.3 is 48.3 Å². The standard InChI is InChI=1S/C64H81N3O10/c1-8-52(50-41-59(73-5)62(75-7)60(42-50)74-6)63(69)67-37-22-19-30-55(67)64(70)77-56(33-31-46-32-34-57(71-3)58(39-46)72-4)48-26-23-27-51(40-48)76-44-61(68)65-35-20-13-11-9-10-12-14-21-36-66-43-49-25-15-17-28-53(49)45(2)38-47-24-16-18-29-54(47)66/h15-18,23-29,32,34,38-42,52,55-56H,8-14,19-22,30-31,33,35-37,43-44H2,1-7H3,(H,65,68)/b45-38-/t52-,55-,56+/m0/s1. The van der Waals surface area contributed by atoms with E-state index in [1.807, 2.05) is 43.3 Å². The average Bonchev–Trinajstić information content (AvgIpc) is 3.46. The Morgan fingerprint density at radius 2 is 1.39 bits per heavy atom. The Bertz CT molecular complexity index is 2730. The number of methoxy groups -OCH3 is 5. The predicted molar refractivity (Wildman–Crippen MR) is 305 cm³/mol. The van der Waals surface area contributed by atoms with E-state index in [1.54, 1.807) is 51.5 Å². The minimum atomic E-state index is -0.782. The molecule has 5 aromatic rings. The van der Waals surface area contributed by atoms with E-state index in [0.717, 1.165) is 57.2 Å². The Hall–Kier alpha value is -7.15. The molecule has 0 radical (unpaired) electrons. The van der Waals surface area contributed by atoms with Gasteiger partial charge in [-0.2, -0.15) is 0 Å². The molecule has 1 saturated heterocycles. The summed E-state index contributed by atoms with van der Waals surface area (Å²) in [4.78, 5) is 46.3. The maximum Gasteiger partial charge on any atom is 0.329 e. The molecule has 1 N–H and O–H groups in total. The lowest BCUT2D eigenvalue weighted by molar-refractivity contribution is -0.162. The molecule has 13 nitrogen and oxygen atoms in total. The fraction of sp³-hybridized carbons (Fsp3) is 0.453. The summed E-state index contributed by atoms with van der Waals surface area (Å²) in [6.07, 6.45) is 14.2. The number of benzene rings is 5. The van der Waals surface area contributed by atoms with Crippen molar-refractivity contribution < 1.29 is 47.5 Å². The van der Waals surface area contributed by atoms with Crippen LogP contribution in [-0.4, -0.2) is 90.5 Å². The van der Waals surface area contributed by atoms with Gasteiger partial charge in [-0.3, -0.25) is 9.59 Å². The van der Waals surface area contributed by atoms with Gasteiger partial charge in [0.05, 0.1) is 41.5 Å². The van der Waals surface area contributed by atoms with Crippen molar-refractivity contribution in [2.75, 3.05) is 66.7 Å². The van der Waals surface area contributed by atoms with Crippen molar-refractivity contribution in [2.45, 2.75) is 128 Å². The Kier molecular flexibility index (Phi) is 22.0. The van der Waals surface area contributed by atoms with Crippen molar-refractivity contribution in [2.24, 2.45) is 0 Å². The summed E-state index contributed by atoms with van der Waals surface area (Å²) in [6.45, 7) is 7.00. The smallest absolute Gasteiger partial charge is 0.329 e. The number of anilines is 1. The molecule has 13 heteroatoms. The number of carbonyl (C=O) groups excluding carboxylic acids is 3. The van der Waals surface area contributed by atoms with Crippen molar-refractivity contribution in [3.63, 3.8) is 0 Å². The summed E-state index contributed by atoms with van der Waals surface area (Å²) in [5.41, 5.74) is 9.02. The number of aryl methyl sites for hydroxylation is 1. The largest absolute Gasteiger partial charge is 0.493 e. The number of allylic oxidation sites excluding steroid dienone is 1. The summed E-state index contributed by atoms with van der Waals surface area (Å²) >= 11 is 0. The molecule has 2 aliphatic heterocycles. The number of hydrogen-bond donors (Lipinski definition) is 1. The molecule has 0 saturated carbocycles. The van der Waals surface area contributed by atoms with Crippen molar-refractivity contribution in [1.29, 1.82) is 0 Å². The molecule has 0 aromatic heterocycles. The second-order valence-corrected chi connectivity index (χ2v) is 20.1. The van der Waals surface area contributed by atoms with Gasteiger partial charge in [0.2, 0.25) is 11.7 Å². The van der Waals surface area contributed by atoms with Crippen LogP contribution in [0.25, 0.3) is 11.6 Å². The zero-order chi connectivity index (χ0) is 54.5. The topological polar surface area (TPSA) is 134 Å². The van der Waals surface area contributed by atoms with E-state index in [4.69, 9.17) is 33.2 Å². The number of piperidine rings is 1. The van der Waals surface area contributed by atoms with Gasteiger partial charge in [-0.05, 0) is 146 Å². The number of fused-ring (bicyclic) bond motifs is 2. The highest BCUT2D eigenvalue weighted by Gasteiger charge is 2.38. The molecular formula is C64H81N3O10. The fourth-order valence-corrected chi connectivity index (χ4v) is 10.8. The first-order valence-corrected chi connectivity index (χ1v) is 27.7. The average molecular weight is 1050 g/mol. The van der Waals surface area contributed by atoms with E-state index in [-0.39, 0.29) is 18.4 Å². The van der Waals surface area contributed by atoms with Crippen molar-refractivity contribution >= 4 is 35.1 Å². The third-order valence-corrected chi connectivity index (χ3v) is 15.0. The van der Waals surface area contributed by atoms with Crippen molar-refractivity contribution in [3.8, 4) is 34.5 Å². The molecule has 2 heterocycles. The minimum absolute atomic E-state index is 0.144. The van der Waals surface area contributed by atoms with E-state index in [9.17, 15) is 14.4 Å². The van der Waals surface area contributed by atoms with Gasteiger partial charge in [0.25, 0.3) is 5.91 Å². The normalized spacial score (nSPS) is 15.5. The highest BCUT2D eigenvalue weighted by molar-refractivity contribution is 5.90. The lowest BCUT2D eigenvalue weighted by atomic mass is 9.91. The third kappa shape index (κ3) is 15.5.